The van der Waals surface area contributed by atoms with E-state index in [1.807, 2.05) is 18.0 Å². The molecule has 1 unspecified atom stereocenters. The second kappa shape index (κ2) is 7.06. The van der Waals surface area contributed by atoms with E-state index in [9.17, 15) is 15.2 Å². The highest BCUT2D eigenvalue weighted by Gasteiger charge is 2.16. The second-order valence-corrected chi connectivity index (χ2v) is 4.69. The summed E-state index contributed by atoms with van der Waals surface area (Å²) in [6.45, 7) is 3.09. The van der Waals surface area contributed by atoms with Crippen LogP contribution < -0.4 is 5.32 Å². The van der Waals surface area contributed by atoms with E-state index in [2.05, 4.69) is 5.32 Å². The Bertz CT molecular complexity index is 435. The van der Waals surface area contributed by atoms with Gasteiger partial charge in [0.1, 0.15) is 5.69 Å². The number of para-hydroxylation sites is 1. The van der Waals surface area contributed by atoms with Crippen LogP contribution in [0.15, 0.2) is 18.2 Å². The summed E-state index contributed by atoms with van der Waals surface area (Å²) in [6, 6.07) is 5.06. The zero-order valence-electron chi connectivity index (χ0n) is 11.6. The lowest BCUT2D eigenvalue weighted by molar-refractivity contribution is -0.384. The lowest BCUT2D eigenvalue weighted by Gasteiger charge is -2.19. The van der Waals surface area contributed by atoms with E-state index in [0.717, 1.165) is 12.1 Å². The molecule has 0 bridgehead atoms. The molecule has 0 saturated heterocycles. The number of benzene rings is 1. The first kappa shape index (κ1) is 15.4. The number of nitro benzene ring substituents is 1. The summed E-state index contributed by atoms with van der Waals surface area (Å²) in [6.07, 6.45) is 0.344. The fourth-order valence-electron chi connectivity index (χ4n) is 1.94. The summed E-state index contributed by atoms with van der Waals surface area (Å²) in [5.41, 5.74) is 1.52. The molecule has 106 valence electrons. The molecule has 2 N–H and O–H groups in total. The highest BCUT2D eigenvalue weighted by Crippen LogP contribution is 2.28. The van der Waals surface area contributed by atoms with Gasteiger partial charge in [-0.2, -0.15) is 0 Å². The molecular formula is C13H21N3O3. The zero-order valence-corrected chi connectivity index (χ0v) is 11.6. The summed E-state index contributed by atoms with van der Waals surface area (Å²) in [5, 5.41) is 23.1. The molecule has 0 fully saturated rings. The summed E-state index contributed by atoms with van der Waals surface area (Å²) in [7, 11) is 3.61. The van der Waals surface area contributed by atoms with Crippen LogP contribution in [0.5, 0.6) is 0 Å². The van der Waals surface area contributed by atoms with Crippen LogP contribution in [0.25, 0.3) is 0 Å². The topological polar surface area (TPSA) is 78.6 Å². The van der Waals surface area contributed by atoms with E-state index in [4.69, 9.17) is 0 Å². The van der Waals surface area contributed by atoms with Crippen molar-refractivity contribution < 1.29 is 10.0 Å². The largest absolute Gasteiger partial charge is 0.393 e. The zero-order chi connectivity index (χ0) is 14.4. The molecule has 0 spiro atoms. The van der Waals surface area contributed by atoms with Crippen molar-refractivity contribution in [2.24, 2.45) is 0 Å². The Balaban J connectivity index is 2.83. The Morgan fingerprint density at radius 1 is 1.53 bits per heavy atom. The Morgan fingerprint density at radius 2 is 2.21 bits per heavy atom. The maximum atomic E-state index is 11.0. The van der Waals surface area contributed by atoms with Crippen molar-refractivity contribution in [2.75, 3.05) is 26.0 Å². The van der Waals surface area contributed by atoms with Gasteiger partial charge in [0.05, 0.1) is 11.0 Å². The second-order valence-electron chi connectivity index (χ2n) is 4.69. The number of anilines is 1. The van der Waals surface area contributed by atoms with Gasteiger partial charge in [-0.05, 0) is 26.0 Å². The molecule has 0 saturated carbocycles. The smallest absolute Gasteiger partial charge is 0.292 e. The van der Waals surface area contributed by atoms with Gasteiger partial charge in [-0.15, -0.1) is 0 Å². The average molecular weight is 267 g/mol. The first-order chi connectivity index (χ1) is 8.95. The number of nitro groups is 1. The van der Waals surface area contributed by atoms with Gasteiger partial charge in [-0.3, -0.25) is 10.1 Å². The number of rotatable bonds is 7. The van der Waals surface area contributed by atoms with Crippen molar-refractivity contribution >= 4 is 11.4 Å². The van der Waals surface area contributed by atoms with Crippen molar-refractivity contribution in [3.63, 3.8) is 0 Å². The number of hydrogen-bond donors (Lipinski definition) is 2. The Labute approximate surface area is 113 Å². The van der Waals surface area contributed by atoms with E-state index >= 15 is 0 Å². The van der Waals surface area contributed by atoms with Crippen LogP contribution >= 0.6 is 0 Å². The highest BCUT2D eigenvalue weighted by atomic mass is 16.6. The van der Waals surface area contributed by atoms with Crippen molar-refractivity contribution in [3.05, 3.63) is 33.9 Å². The summed E-state index contributed by atoms with van der Waals surface area (Å²) < 4.78 is 0. The minimum Gasteiger partial charge on any atom is -0.393 e. The van der Waals surface area contributed by atoms with Gasteiger partial charge in [-0.25, -0.2) is 0 Å². The molecule has 0 heterocycles. The van der Waals surface area contributed by atoms with Crippen LogP contribution in [0.2, 0.25) is 0 Å². The number of aliphatic hydroxyl groups excluding tert-OH is 1. The van der Waals surface area contributed by atoms with Crippen LogP contribution in [0.1, 0.15) is 18.9 Å². The fourth-order valence-corrected chi connectivity index (χ4v) is 1.94. The van der Waals surface area contributed by atoms with E-state index in [1.54, 1.807) is 20.0 Å². The predicted molar refractivity (Wildman–Crippen MR) is 75.3 cm³/mol. The van der Waals surface area contributed by atoms with Gasteiger partial charge in [0.15, 0.2) is 0 Å². The molecule has 1 rings (SSSR count). The predicted octanol–water partition coefficient (Wildman–Crippen LogP) is 1.84. The third kappa shape index (κ3) is 4.50. The molecule has 0 aromatic heterocycles. The van der Waals surface area contributed by atoms with Gasteiger partial charge >= 0.3 is 0 Å². The van der Waals surface area contributed by atoms with E-state index in [1.165, 1.54) is 6.07 Å². The first-order valence-electron chi connectivity index (χ1n) is 6.26. The van der Waals surface area contributed by atoms with Crippen LogP contribution in [-0.2, 0) is 6.54 Å². The molecule has 0 aliphatic carbocycles. The van der Waals surface area contributed by atoms with Crippen LogP contribution in [0.4, 0.5) is 11.4 Å². The lowest BCUT2D eigenvalue weighted by atomic mass is 10.1. The van der Waals surface area contributed by atoms with E-state index in [-0.39, 0.29) is 16.7 Å². The highest BCUT2D eigenvalue weighted by molar-refractivity contribution is 5.66. The summed E-state index contributed by atoms with van der Waals surface area (Å²) in [4.78, 5) is 12.6. The van der Waals surface area contributed by atoms with Crippen molar-refractivity contribution in [2.45, 2.75) is 26.0 Å². The SMILES string of the molecule is CNc1c(CN(C)CCC(C)O)cccc1[N+](=O)[O-]. The third-order valence-corrected chi connectivity index (χ3v) is 2.94. The fraction of sp³-hybridized carbons (Fsp3) is 0.538. The maximum absolute atomic E-state index is 11.0. The monoisotopic (exact) mass is 267 g/mol. The normalized spacial score (nSPS) is 12.5. The summed E-state index contributed by atoms with van der Waals surface area (Å²) >= 11 is 0. The van der Waals surface area contributed by atoms with E-state index in [0.29, 0.717) is 18.7 Å². The Morgan fingerprint density at radius 3 is 2.74 bits per heavy atom. The van der Waals surface area contributed by atoms with Crippen molar-refractivity contribution in [1.29, 1.82) is 0 Å². The number of nitrogens with one attached hydrogen (secondary N) is 1. The Kier molecular flexibility index (Phi) is 5.72. The van der Waals surface area contributed by atoms with Gasteiger partial charge < -0.3 is 15.3 Å². The molecule has 6 heteroatoms. The number of nitrogens with zero attached hydrogens (tertiary/aromatic N) is 2. The molecular weight excluding hydrogens is 246 g/mol. The van der Waals surface area contributed by atoms with Crippen LogP contribution in [0.3, 0.4) is 0 Å². The van der Waals surface area contributed by atoms with Gasteiger partial charge in [0, 0.05) is 26.2 Å². The molecule has 19 heavy (non-hydrogen) atoms. The Hall–Kier alpha value is -1.66. The molecule has 0 aliphatic heterocycles. The van der Waals surface area contributed by atoms with Gasteiger partial charge in [-0.1, -0.05) is 12.1 Å². The minimum absolute atomic E-state index is 0.0870. The molecule has 1 atom stereocenters. The first-order valence-corrected chi connectivity index (χ1v) is 6.26. The lowest BCUT2D eigenvalue weighted by Crippen LogP contribution is -2.22. The molecule has 1 aromatic carbocycles. The standard InChI is InChI=1S/C13H21N3O3/c1-10(17)7-8-15(3)9-11-5-4-6-12(16(18)19)13(11)14-2/h4-6,10,14,17H,7-9H2,1-3H3. The van der Waals surface area contributed by atoms with Crippen molar-refractivity contribution in [1.82, 2.24) is 4.90 Å². The third-order valence-electron chi connectivity index (χ3n) is 2.94. The maximum Gasteiger partial charge on any atom is 0.292 e. The summed E-state index contributed by atoms with van der Waals surface area (Å²) in [5.74, 6) is 0. The van der Waals surface area contributed by atoms with Gasteiger partial charge in [0.25, 0.3) is 5.69 Å². The van der Waals surface area contributed by atoms with Crippen LogP contribution in [0, 0.1) is 10.1 Å². The van der Waals surface area contributed by atoms with E-state index < -0.39 is 0 Å². The van der Waals surface area contributed by atoms with Crippen LogP contribution in [-0.4, -0.2) is 41.7 Å². The number of hydrogen-bond acceptors (Lipinski definition) is 5. The number of aliphatic hydroxyl groups is 1. The molecule has 0 aliphatic rings. The molecule has 0 radical (unpaired) electrons. The molecule has 1 aromatic rings. The molecule has 6 nitrogen and oxygen atoms in total. The van der Waals surface area contributed by atoms with Crippen molar-refractivity contribution in [3.8, 4) is 0 Å². The quantitative estimate of drug-likeness (QED) is 0.582. The minimum atomic E-state index is -0.384. The average Bonchev–Trinajstić information content (AvgIpc) is 2.36. The molecule has 0 amide bonds. The van der Waals surface area contributed by atoms with Gasteiger partial charge in [0.2, 0.25) is 0 Å².